The number of aliphatic carboxylic acids is 1. The first-order valence-electron chi connectivity index (χ1n) is 4.07. The average molecular weight is 290 g/mol. The van der Waals surface area contributed by atoms with Crippen molar-refractivity contribution >= 4 is 28.6 Å². The minimum Gasteiger partial charge on any atom is -0.481 e. The number of hydrogen-bond acceptors (Lipinski definition) is 1. The van der Waals surface area contributed by atoms with Crippen LogP contribution in [0.1, 0.15) is 17.5 Å². The Labute approximate surface area is 91.1 Å². The van der Waals surface area contributed by atoms with Crippen molar-refractivity contribution in [2.45, 2.75) is 19.8 Å². The van der Waals surface area contributed by atoms with Crippen LogP contribution in [0.25, 0.3) is 0 Å². The van der Waals surface area contributed by atoms with Crippen LogP contribution < -0.4 is 0 Å². The van der Waals surface area contributed by atoms with Crippen molar-refractivity contribution in [3.63, 3.8) is 0 Å². The number of hydrogen-bond donors (Lipinski definition) is 1. The summed E-state index contributed by atoms with van der Waals surface area (Å²) in [4.78, 5) is 10.4. The fraction of sp³-hybridized carbons (Fsp3) is 0.300. The second-order valence-corrected chi connectivity index (χ2v) is 4.02. The highest BCUT2D eigenvalue weighted by atomic mass is 127. The summed E-state index contributed by atoms with van der Waals surface area (Å²) < 4.78 is 1.18. The second-order valence-electron chi connectivity index (χ2n) is 2.94. The second kappa shape index (κ2) is 4.60. The van der Waals surface area contributed by atoms with Crippen molar-refractivity contribution < 1.29 is 9.90 Å². The van der Waals surface area contributed by atoms with Gasteiger partial charge in [-0.15, -0.1) is 0 Å². The summed E-state index contributed by atoms with van der Waals surface area (Å²) in [7, 11) is 0. The van der Waals surface area contributed by atoms with Gasteiger partial charge in [0.1, 0.15) is 0 Å². The molecular weight excluding hydrogens is 279 g/mol. The number of aryl methyl sites for hydroxylation is 2. The lowest BCUT2D eigenvalue weighted by molar-refractivity contribution is -0.136. The van der Waals surface area contributed by atoms with Crippen molar-refractivity contribution in [1.82, 2.24) is 0 Å². The van der Waals surface area contributed by atoms with Gasteiger partial charge in [0.2, 0.25) is 0 Å². The van der Waals surface area contributed by atoms with Crippen LogP contribution in [0.5, 0.6) is 0 Å². The summed E-state index contributed by atoms with van der Waals surface area (Å²) in [5.74, 6) is -0.739. The van der Waals surface area contributed by atoms with Gasteiger partial charge in [-0.25, -0.2) is 0 Å². The molecule has 0 atom stereocenters. The van der Waals surface area contributed by atoms with E-state index in [9.17, 15) is 4.79 Å². The molecule has 0 aliphatic carbocycles. The van der Waals surface area contributed by atoms with Crippen LogP contribution in [0.15, 0.2) is 18.2 Å². The van der Waals surface area contributed by atoms with E-state index in [0.29, 0.717) is 6.42 Å². The Morgan fingerprint density at radius 1 is 1.54 bits per heavy atom. The van der Waals surface area contributed by atoms with Gasteiger partial charge in [-0.2, -0.15) is 0 Å². The average Bonchev–Trinajstić information content (AvgIpc) is 2.07. The Kier molecular flexibility index (Phi) is 3.71. The van der Waals surface area contributed by atoms with Crippen LogP contribution in [0.3, 0.4) is 0 Å². The number of rotatable bonds is 3. The van der Waals surface area contributed by atoms with Crippen molar-refractivity contribution in [3.8, 4) is 0 Å². The molecule has 1 aromatic carbocycles. The van der Waals surface area contributed by atoms with Gasteiger partial charge in [0.05, 0.1) is 0 Å². The Hall–Kier alpha value is -0.580. The van der Waals surface area contributed by atoms with Crippen molar-refractivity contribution in [2.75, 3.05) is 0 Å². The van der Waals surface area contributed by atoms with Gasteiger partial charge < -0.3 is 5.11 Å². The van der Waals surface area contributed by atoms with Crippen LogP contribution in [0.4, 0.5) is 0 Å². The maximum atomic E-state index is 10.4. The number of carbonyl (C=O) groups is 1. The molecule has 0 saturated carbocycles. The minimum absolute atomic E-state index is 0.208. The van der Waals surface area contributed by atoms with Crippen molar-refractivity contribution in [2.24, 2.45) is 0 Å². The predicted molar refractivity (Wildman–Crippen MR) is 59.9 cm³/mol. The molecule has 2 nitrogen and oxygen atoms in total. The molecular formula is C10H11IO2. The first kappa shape index (κ1) is 10.5. The number of halogens is 1. The van der Waals surface area contributed by atoms with E-state index < -0.39 is 5.97 Å². The molecule has 0 aromatic heterocycles. The molecule has 3 heteroatoms. The zero-order chi connectivity index (χ0) is 9.84. The molecule has 1 aromatic rings. The van der Waals surface area contributed by atoms with Crippen LogP contribution in [0, 0.1) is 10.5 Å². The third-order valence-electron chi connectivity index (χ3n) is 1.88. The first-order chi connectivity index (χ1) is 6.11. The maximum absolute atomic E-state index is 10.4. The van der Waals surface area contributed by atoms with Gasteiger partial charge in [0, 0.05) is 9.99 Å². The molecule has 0 aliphatic rings. The van der Waals surface area contributed by atoms with Crippen molar-refractivity contribution in [3.05, 3.63) is 32.9 Å². The van der Waals surface area contributed by atoms with E-state index >= 15 is 0 Å². The summed E-state index contributed by atoms with van der Waals surface area (Å²) in [5.41, 5.74) is 2.34. The molecule has 0 saturated heterocycles. The summed E-state index contributed by atoms with van der Waals surface area (Å²) in [6.07, 6.45) is 0.828. The van der Waals surface area contributed by atoms with E-state index in [1.165, 1.54) is 9.13 Å². The molecule has 0 fully saturated rings. The standard InChI is InChI=1S/C10H11IO2/c1-7-3-2-4-8(10(7)11)5-6-9(12)13/h2-4H,5-6H2,1H3,(H,12,13). The molecule has 0 radical (unpaired) electrons. The van der Waals surface area contributed by atoms with E-state index in [1.54, 1.807) is 0 Å². The minimum atomic E-state index is -0.739. The molecule has 70 valence electrons. The molecule has 0 spiro atoms. The molecule has 13 heavy (non-hydrogen) atoms. The normalized spacial score (nSPS) is 10.0. The maximum Gasteiger partial charge on any atom is 0.303 e. The Balaban J connectivity index is 2.77. The third-order valence-corrected chi connectivity index (χ3v) is 3.42. The smallest absolute Gasteiger partial charge is 0.303 e. The highest BCUT2D eigenvalue weighted by Crippen LogP contribution is 2.17. The largest absolute Gasteiger partial charge is 0.481 e. The molecule has 0 amide bonds. The van der Waals surface area contributed by atoms with E-state index in [1.807, 2.05) is 25.1 Å². The predicted octanol–water partition coefficient (Wildman–Crippen LogP) is 2.62. The third kappa shape index (κ3) is 2.99. The van der Waals surface area contributed by atoms with Gasteiger partial charge in [0.25, 0.3) is 0 Å². The van der Waals surface area contributed by atoms with Crippen molar-refractivity contribution in [1.29, 1.82) is 0 Å². The van der Waals surface area contributed by atoms with Crippen LogP contribution in [-0.2, 0) is 11.2 Å². The SMILES string of the molecule is Cc1cccc(CCC(=O)O)c1I. The Morgan fingerprint density at radius 2 is 2.23 bits per heavy atom. The highest BCUT2D eigenvalue weighted by molar-refractivity contribution is 14.1. The van der Waals surface area contributed by atoms with Gasteiger partial charge in [-0.3, -0.25) is 4.79 Å². The summed E-state index contributed by atoms with van der Waals surface area (Å²) in [6, 6.07) is 5.98. The first-order valence-corrected chi connectivity index (χ1v) is 5.15. The van der Waals surface area contributed by atoms with Gasteiger partial charge in [-0.1, -0.05) is 18.2 Å². The quantitative estimate of drug-likeness (QED) is 0.869. The van der Waals surface area contributed by atoms with Gasteiger partial charge in [0.15, 0.2) is 0 Å². The fourth-order valence-corrected chi connectivity index (χ4v) is 1.77. The molecule has 0 heterocycles. The molecule has 1 N–H and O–H groups in total. The lowest BCUT2D eigenvalue weighted by Crippen LogP contribution is -1.99. The molecule has 0 unspecified atom stereocenters. The zero-order valence-corrected chi connectivity index (χ0v) is 9.54. The van der Waals surface area contributed by atoms with E-state index in [4.69, 9.17) is 5.11 Å². The fourth-order valence-electron chi connectivity index (χ4n) is 1.14. The summed E-state index contributed by atoms with van der Waals surface area (Å²) >= 11 is 2.26. The van der Waals surface area contributed by atoms with Gasteiger partial charge >= 0.3 is 5.97 Å². The topological polar surface area (TPSA) is 37.3 Å². The Bertz CT molecular complexity index is 321. The summed E-state index contributed by atoms with van der Waals surface area (Å²) in [6.45, 7) is 2.03. The lowest BCUT2D eigenvalue weighted by atomic mass is 10.1. The number of carboxylic acid groups (broad SMARTS) is 1. The zero-order valence-electron chi connectivity index (χ0n) is 7.38. The van der Waals surface area contributed by atoms with Gasteiger partial charge in [-0.05, 0) is 47.1 Å². The highest BCUT2D eigenvalue weighted by Gasteiger charge is 2.04. The molecule has 0 aliphatic heterocycles. The van der Waals surface area contributed by atoms with E-state index in [0.717, 1.165) is 5.56 Å². The van der Waals surface area contributed by atoms with Crippen LogP contribution in [0.2, 0.25) is 0 Å². The molecule has 0 bridgehead atoms. The Morgan fingerprint density at radius 3 is 2.85 bits per heavy atom. The van der Waals surface area contributed by atoms with Crippen LogP contribution >= 0.6 is 22.6 Å². The monoisotopic (exact) mass is 290 g/mol. The van der Waals surface area contributed by atoms with Crippen LogP contribution in [-0.4, -0.2) is 11.1 Å². The lowest BCUT2D eigenvalue weighted by Gasteiger charge is -2.04. The van der Waals surface area contributed by atoms with E-state index in [-0.39, 0.29) is 6.42 Å². The number of benzene rings is 1. The molecule has 1 rings (SSSR count). The summed E-state index contributed by atoms with van der Waals surface area (Å²) in [5, 5.41) is 8.53. The van der Waals surface area contributed by atoms with E-state index in [2.05, 4.69) is 22.6 Å². The number of carboxylic acids is 1.